The van der Waals surface area contributed by atoms with Crippen LogP contribution in [0.15, 0.2) is 0 Å². The third-order valence-corrected chi connectivity index (χ3v) is 6.00. The maximum atomic E-state index is 3.75. The first-order valence-electron chi connectivity index (χ1n) is 9.44. The summed E-state index contributed by atoms with van der Waals surface area (Å²) in [6.45, 7) is 9.52. The van der Waals surface area contributed by atoms with Crippen molar-refractivity contribution in [2.24, 2.45) is 11.3 Å². The van der Waals surface area contributed by atoms with Crippen LogP contribution in [0.1, 0.15) is 78.6 Å². The van der Waals surface area contributed by atoms with Gasteiger partial charge in [0.1, 0.15) is 0 Å². The van der Waals surface area contributed by atoms with Gasteiger partial charge in [0, 0.05) is 25.2 Å². The lowest BCUT2D eigenvalue weighted by Crippen LogP contribution is -2.49. The zero-order chi connectivity index (χ0) is 15.3. The predicted molar refractivity (Wildman–Crippen MR) is 92.7 cm³/mol. The van der Waals surface area contributed by atoms with Gasteiger partial charge in [0.05, 0.1) is 0 Å². The van der Waals surface area contributed by atoms with Gasteiger partial charge >= 0.3 is 0 Å². The number of hydrogen-bond acceptors (Lipinski definition) is 2. The smallest absolute Gasteiger partial charge is 0.00924 e. The van der Waals surface area contributed by atoms with Gasteiger partial charge in [0.2, 0.25) is 0 Å². The average Bonchev–Trinajstić information content (AvgIpc) is 2.49. The Morgan fingerprint density at radius 2 is 1.67 bits per heavy atom. The second-order valence-corrected chi connectivity index (χ2v) is 8.43. The van der Waals surface area contributed by atoms with E-state index in [1.807, 2.05) is 0 Å². The topological polar surface area (TPSA) is 15.3 Å². The van der Waals surface area contributed by atoms with Crippen molar-refractivity contribution < 1.29 is 0 Å². The lowest BCUT2D eigenvalue weighted by molar-refractivity contribution is 0.0664. The van der Waals surface area contributed by atoms with Crippen molar-refractivity contribution in [1.29, 1.82) is 0 Å². The second kappa shape index (κ2) is 7.97. The SMILES string of the molecule is CC1CCC(CNC(C)C)(CN(C)C2CCCCC2)CC1. The zero-order valence-corrected chi connectivity index (χ0v) is 15.0. The van der Waals surface area contributed by atoms with E-state index in [0.717, 1.165) is 12.0 Å². The Labute approximate surface area is 133 Å². The number of nitrogens with one attached hydrogen (secondary N) is 1. The van der Waals surface area contributed by atoms with E-state index in [0.29, 0.717) is 11.5 Å². The Kier molecular flexibility index (Phi) is 6.55. The highest BCUT2D eigenvalue weighted by Crippen LogP contribution is 2.40. The Balaban J connectivity index is 1.94. The maximum absolute atomic E-state index is 3.75. The molecular formula is C19H38N2. The van der Waals surface area contributed by atoms with E-state index in [1.54, 1.807) is 0 Å². The molecular weight excluding hydrogens is 256 g/mol. The fourth-order valence-electron chi connectivity index (χ4n) is 4.37. The summed E-state index contributed by atoms with van der Waals surface area (Å²) in [4.78, 5) is 2.72. The Morgan fingerprint density at radius 3 is 2.24 bits per heavy atom. The summed E-state index contributed by atoms with van der Waals surface area (Å²) in [7, 11) is 2.39. The molecule has 2 heteroatoms. The molecule has 0 amide bonds. The first-order chi connectivity index (χ1) is 10.0. The molecule has 21 heavy (non-hydrogen) atoms. The number of hydrogen-bond donors (Lipinski definition) is 1. The molecule has 0 aliphatic heterocycles. The van der Waals surface area contributed by atoms with E-state index in [9.17, 15) is 0 Å². The Hall–Kier alpha value is -0.0800. The zero-order valence-electron chi connectivity index (χ0n) is 15.0. The molecule has 0 aromatic heterocycles. The molecule has 0 atom stereocenters. The van der Waals surface area contributed by atoms with Gasteiger partial charge < -0.3 is 10.2 Å². The molecule has 0 saturated heterocycles. The molecule has 0 aromatic carbocycles. The maximum Gasteiger partial charge on any atom is 0.00924 e. The van der Waals surface area contributed by atoms with Gasteiger partial charge in [-0.15, -0.1) is 0 Å². The molecule has 0 bridgehead atoms. The summed E-state index contributed by atoms with van der Waals surface area (Å²) in [5.74, 6) is 0.942. The van der Waals surface area contributed by atoms with Gasteiger partial charge in [-0.05, 0) is 44.1 Å². The third kappa shape index (κ3) is 5.25. The summed E-state index contributed by atoms with van der Waals surface area (Å²) < 4.78 is 0. The lowest BCUT2D eigenvalue weighted by atomic mass is 9.70. The summed E-state index contributed by atoms with van der Waals surface area (Å²) >= 11 is 0. The molecule has 0 unspecified atom stereocenters. The average molecular weight is 295 g/mol. The monoisotopic (exact) mass is 294 g/mol. The molecule has 0 radical (unpaired) electrons. The van der Waals surface area contributed by atoms with Crippen LogP contribution in [0.2, 0.25) is 0 Å². The van der Waals surface area contributed by atoms with Crippen LogP contribution < -0.4 is 5.32 Å². The highest BCUT2D eigenvalue weighted by Gasteiger charge is 2.36. The molecule has 2 rings (SSSR count). The minimum absolute atomic E-state index is 0.531. The van der Waals surface area contributed by atoms with Crippen LogP contribution in [-0.2, 0) is 0 Å². The quantitative estimate of drug-likeness (QED) is 0.779. The van der Waals surface area contributed by atoms with Gasteiger partial charge in [-0.1, -0.05) is 52.9 Å². The lowest BCUT2D eigenvalue weighted by Gasteiger charge is -2.45. The van der Waals surface area contributed by atoms with E-state index in [4.69, 9.17) is 0 Å². The van der Waals surface area contributed by atoms with Crippen molar-refractivity contribution >= 4 is 0 Å². The fourth-order valence-corrected chi connectivity index (χ4v) is 4.37. The second-order valence-electron chi connectivity index (χ2n) is 8.43. The molecule has 2 aliphatic rings. The molecule has 2 saturated carbocycles. The van der Waals surface area contributed by atoms with Gasteiger partial charge in [-0.25, -0.2) is 0 Å². The first-order valence-corrected chi connectivity index (χ1v) is 9.44. The minimum atomic E-state index is 0.531. The summed E-state index contributed by atoms with van der Waals surface area (Å²) in [5, 5.41) is 3.75. The molecule has 0 aromatic rings. The standard InChI is InChI=1S/C19H38N2/c1-16(2)20-14-19(12-10-17(3)11-13-19)15-21(4)18-8-6-5-7-9-18/h16-18,20H,5-15H2,1-4H3. The first kappa shape index (κ1) is 17.3. The van der Waals surface area contributed by atoms with Crippen molar-refractivity contribution in [3.05, 3.63) is 0 Å². The van der Waals surface area contributed by atoms with Crippen LogP contribution in [0.25, 0.3) is 0 Å². The van der Waals surface area contributed by atoms with E-state index < -0.39 is 0 Å². The number of nitrogens with zero attached hydrogens (tertiary/aromatic N) is 1. The molecule has 2 nitrogen and oxygen atoms in total. The van der Waals surface area contributed by atoms with Gasteiger partial charge in [-0.3, -0.25) is 0 Å². The van der Waals surface area contributed by atoms with E-state index in [2.05, 4.69) is 38.0 Å². The Bertz CT molecular complexity index is 286. The van der Waals surface area contributed by atoms with Crippen molar-refractivity contribution in [2.45, 2.75) is 90.6 Å². The van der Waals surface area contributed by atoms with Crippen molar-refractivity contribution in [3.63, 3.8) is 0 Å². The molecule has 1 N–H and O–H groups in total. The van der Waals surface area contributed by atoms with Crippen molar-refractivity contribution in [1.82, 2.24) is 10.2 Å². The summed E-state index contributed by atoms with van der Waals surface area (Å²) in [6.07, 6.45) is 12.9. The van der Waals surface area contributed by atoms with Gasteiger partial charge in [-0.2, -0.15) is 0 Å². The van der Waals surface area contributed by atoms with E-state index in [1.165, 1.54) is 70.9 Å². The van der Waals surface area contributed by atoms with Crippen LogP contribution in [0, 0.1) is 11.3 Å². The molecule has 0 heterocycles. The fraction of sp³-hybridized carbons (Fsp3) is 1.00. The van der Waals surface area contributed by atoms with Gasteiger partial charge in [0.15, 0.2) is 0 Å². The van der Waals surface area contributed by atoms with E-state index >= 15 is 0 Å². The van der Waals surface area contributed by atoms with E-state index in [-0.39, 0.29) is 0 Å². The van der Waals surface area contributed by atoms with Crippen molar-refractivity contribution in [3.8, 4) is 0 Å². The summed E-state index contributed by atoms with van der Waals surface area (Å²) in [5.41, 5.74) is 0.531. The Morgan fingerprint density at radius 1 is 1.05 bits per heavy atom. The van der Waals surface area contributed by atoms with Crippen LogP contribution in [-0.4, -0.2) is 37.1 Å². The molecule has 2 fully saturated rings. The largest absolute Gasteiger partial charge is 0.314 e. The van der Waals surface area contributed by atoms with Crippen LogP contribution in [0.4, 0.5) is 0 Å². The van der Waals surface area contributed by atoms with Crippen LogP contribution >= 0.6 is 0 Å². The van der Waals surface area contributed by atoms with Crippen LogP contribution in [0.5, 0.6) is 0 Å². The van der Waals surface area contributed by atoms with Gasteiger partial charge in [0.25, 0.3) is 0 Å². The minimum Gasteiger partial charge on any atom is -0.314 e. The number of rotatable bonds is 6. The summed E-state index contributed by atoms with van der Waals surface area (Å²) in [6, 6.07) is 1.47. The normalized spacial score (nSPS) is 32.0. The third-order valence-electron chi connectivity index (χ3n) is 6.00. The predicted octanol–water partition coefficient (Wildman–Crippen LogP) is 4.45. The highest BCUT2D eigenvalue weighted by atomic mass is 15.1. The molecule has 124 valence electrons. The molecule has 0 spiro atoms. The molecule has 2 aliphatic carbocycles. The van der Waals surface area contributed by atoms with Crippen LogP contribution in [0.3, 0.4) is 0 Å². The van der Waals surface area contributed by atoms with Crippen molar-refractivity contribution in [2.75, 3.05) is 20.1 Å². The highest BCUT2D eigenvalue weighted by molar-refractivity contribution is 4.91.